The topological polar surface area (TPSA) is 216 Å². The van der Waals surface area contributed by atoms with Crippen molar-refractivity contribution in [2.75, 3.05) is 6.54 Å². The normalized spacial score (nSPS) is 16.4. The Morgan fingerprint density at radius 2 is 1.59 bits per heavy atom. The predicted molar refractivity (Wildman–Crippen MR) is 154 cm³/mol. The maximum atomic E-state index is 13.8. The zero-order valence-corrected chi connectivity index (χ0v) is 23.5. The summed E-state index contributed by atoms with van der Waals surface area (Å²) in [4.78, 5) is 43.2. The van der Waals surface area contributed by atoms with Crippen molar-refractivity contribution in [1.29, 1.82) is 5.41 Å². The molecular formula is C28H46N8O3. The van der Waals surface area contributed by atoms with E-state index in [2.05, 4.69) is 15.6 Å². The number of guanidine groups is 1. The molecule has 0 spiro atoms. The lowest BCUT2D eigenvalue weighted by molar-refractivity contribution is -0.136. The number of carbonyl (C=O) groups excluding carboxylic acids is 3. The first kappa shape index (κ1) is 31.6. The number of aliphatic imine (C=N–C) groups is 1. The van der Waals surface area contributed by atoms with Crippen LogP contribution in [0.2, 0.25) is 0 Å². The van der Waals surface area contributed by atoms with E-state index in [-0.39, 0.29) is 36.0 Å². The van der Waals surface area contributed by atoms with Gasteiger partial charge in [-0.2, -0.15) is 0 Å². The molecule has 216 valence electrons. The number of rotatable bonds is 13. The van der Waals surface area contributed by atoms with E-state index in [1.165, 1.54) is 0 Å². The number of hydrogen-bond donors (Lipinski definition) is 7. The molecule has 0 radical (unpaired) electrons. The minimum atomic E-state index is -0.914. The molecule has 11 heteroatoms. The van der Waals surface area contributed by atoms with Gasteiger partial charge in [0.25, 0.3) is 0 Å². The first-order valence-corrected chi connectivity index (χ1v) is 13.7. The molecule has 1 aliphatic carbocycles. The lowest BCUT2D eigenvalue weighted by Crippen LogP contribution is -2.58. The fourth-order valence-corrected chi connectivity index (χ4v) is 5.05. The van der Waals surface area contributed by atoms with Gasteiger partial charge in [-0.3, -0.25) is 24.8 Å². The van der Waals surface area contributed by atoms with Crippen molar-refractivity contribution in [1.82, 2.24) is 10.6 Å². The number of nitrogen functional groups attached to an aromatic ring is 1. The zero-order valence-electron chi connectivity index (χ0n) is 23.5. The van der Waals surface area contributed by atoms with Gasteiger partial charge in [-0.05, 0) is 49.0 Å². The molecule has 0 saturated heterocycles. The second kappa shape index (κ2) is 14.5. The Morgan fingerprint density at radius 1 is 0.974 bits per heavy atom. The first-order chi connectivity index (χ1) is 18.3. The van der Waals surface area contributed by atoms with Crippen molar-refractivity contribution in [3.05, 3.63) is 35.4 Å². The van der Waals surface area contributed by atoms with Gasteiger partial charge in [0.2, 0.25) is 17.7 Å². The van der Waals surface area contributed by atoms with Gasteiger partial charge in [0.15, 0.2) is 5.96 Å². The molecular weight excluding hydrogens is 496 g/mol. The average molecular weight is 543 g/mol. The van der Waals surface area contributed by atoms with E-state index >= 15 is 0 Å². The van der Waals surface area contributed by atoms with Crippen LogP contribution < -0.4 is 33.6 Å². The third kappa shape index (κ3) is 10.2. The van der Waals surface area contributed by atoms with Gasteiger partial charge in [0, 0.05) is 18.0 Å². The van der Waals surface area contributed by atoms with Gasteiger partial charge in [-0.15, -0.1) is 0 Å². The molecule has 0 bridgehead atoms. The SMILES string of the molecule is CC(C)(C)[C@H](NC(=O)[C@H](Cc1ccc(C(=N)N)cc1)C1CCCCC1)C(=O)N[C@@H](CCCN=C(N)N)C(N)=O. The second-order valence-corrected chi connectivity index (χ2v) is 11.5. The Balaban J connectivity index is 2.20. The summed E-state index contributed by atoms with van der Waals surface area (Å²) in [5.41, 5.74) is 22.8. The van der Waals surface area contributed by atoms with E-state index in [4.69, 9.17) is 28.3 Å². The largest absolute Gasteiger partial charge is 0.384 e. The highest BCUT2D eigenvalue weighted by Gasteiger charge is 2.38. The fraction of sp³-hybridized carbons (Fsp3) is 0.607. The van der Waals surface area contributed by atoms with Crippen LogP contribution in [-0.2, 0) is 20.8 Å². The molecule has 3 atom stereocenters. The van der Waals surface area contributed by atoms with Gasteiger partial charge in [-0.1, -0.05) is 64.3 Å². The Labute approximate surface area is 231 Å². The van der Waals surface area contributed by atoms with Crippen LogP contribution in [0.5, 0.6) is 0 Å². The number of hydrogen-bond acceptors (Lipinski definition) is 5. The highest BCUT2D eigenvalue weighted by Crippen LogP contribution is 2.33. The minimum Gasteiger partial charge on any atom is -0.384 e. The van der Waals surface area contributed by atoms with Crippen LogP contribution in [0.15, 0.2) is 29.3 Å². The van der Waals surface area contributed by atoms with Crippen molar-refractivity contribution in [2.45, 2.75) is 84.2 Å². The second-order valence-electron chi connectivity index (χ2n) is 11.5. The number of primary amides is 1. The van der Waals surface area contributed by atoms with E-state index in [9.17, 15) is 14.4 Å². The van der Waals surface area contributed by atoms with Crippen LogP contribution in [0, 0.1) is 22.7 Å². The molecule has 1 aliphatic rings. The standard InChI is InChI=1S/C28H46N8O3/c1-28(2,3)22(26(39)35-21(24(31)37)10-7-15-34-27(32)33)36-25(38)20(18-8-5-4-6-9-18)16-17-11-13-19(14-12-17)23(29)30/h11-14,18,20-22H,4-10,15-16H2,1-3H3,(H3,29,30)(H2,31,37)(H,35,39)(H,36,38)(H4,32,33,34)/t20-,21+,22-/m1/s1. The Bertz CT molecular complexity index is 1020. The molecule has 0 unspecified atom stereocenters. The molecule has 0 aliphatic heterocycles. The van der Waals surface area contributed by atoms with Crippen LogP contribution >= 0.6 is 0 Å². The first-order valence-electron chi connectivity index (χ1n) is 13.7. The van der Waals surface area contributed by atoms with E-state index in [0.717, 1.165) is 37.7 Å². The maximum Gasteiger partial charge on any atom is 0.243 e. The van der Waals surface area contributed by atoms with Crippen molar-refractivity contribution in [3.8, 4) is 0 Å². The van der Waals surface area contributed by atoms with Crippen LogP contribution in [-0.4, -0.2) is 48.1 Å². The quantitative estimate of drug-likeness (QED) is 0.110. The highest BCUT2D eigenvalue weighted by molar-refractivity contribution is 5.95. The smallest absolute Gasteiger partial charge is 0.243 e. The molecule has 1 fully saturated rings. The van der Waals surface area contributed by atoms with Gasteiger partial charge in [0.1, 0.15) is 17.9 Å². The van der Waals surface area contributed by atoms with Crippen LogP contribution in [0.25, 0.3) is 0 Å². The van der Waals surface area contributed by atoms with E-state index in [0.29, 0.717) is 24.9 Å². The molecule has 0 aromatic heterocycles. The Morgan fingerprint density at radius 3 is 2.10 bits per heavy atom. The van der Waals surface area contributed by atoms with E-state index in [1.807, 2.05) is 32.9 Å². The molecule has 3 amide bonds. The molecule has 0 heterocycles. The number of benzene rings is 1. The molecule has 1 saturated carbocycles. The summed E-state index contributed by atoms with van der Waals surface area (Å²) in [7, 11) is 0. The number of amides is 3. The number of nitrogens with zero attached hydrogens (tertiary/aromatic N) is 1. The number of nitrogens with one attached hydrogen (secondary N) is 3. The summed E-state index contributed by atoms with van der Waals surface area (Å²) >= 11 is 0. The van der Waals surface area contributed by atoms with Crippen molar-refractivity contribution >= 4 is 29.5 Å². The van der Waals surface area contributed by atoms with Crippen LogP contribution in [0.3, 0.4) is 0 Å². The van der Waals surface area contributed by atoms with Crippen molar-refractivity contribution < 1.29 is 14.4 Å². The fourth-order valence-electron chi connectivity index (χ4n) is 5.05. The lowest BCUT2D eigenvalue weighted by Gasteiger charge is -2.35. The molecule has 2 rings (SSSR count). The Kier molecular flexibility index (Phi) is 11.7. The summed E-state index contributed by atoms with van der Waals surface area (Å²) < 4.78 is 0. The third-order valence-corrected chi connectivity index (χ3v) is 7.30. The third-order valence-electron chi connectivity index (χ3n) is 7.30. The van der Waals surface area contributed by atoms with Crippen LogP contribution in [0.4, 0.5) is 0 Å². The highest BCUT2D eigenvalue weighted by atomic mass is 16.2. The summed E-state index contributed by atoms with van der Waals surface area (Å²) in [6.07, 6.45) is 6.44. The molecule has 11 nitrogen and oxygen atoms in total. The predicted octanol–water partition coefficient (Wildman–Crippen LogP) is 1.26. The Hall–Kier alpha value is -3.63. The summed E-state index contributed by atoms with van der Waals surface area (Å²) in [5.74, 6) is -1.49. The summed E-state index contributed by atoms with van der Waals surface area (Å²) in [6, 6.07) is 5.57. The summed E-state index contributed by atoms with van der Waals surface area (Å²) in [5, 5.41) is 13.4. The molecule has 1 aromatic carbocycles. The average Bonchev–Trinajstić information content (AvgIpc) is 2.87. The minimum absolute atomic E-state index is 0.00680. The number of carbonyl (C=O) groups is 3. The van der Waals surface area contributed by atoms with Gasteiger partial charge < -0.3 is 33.6 Å². The zero-order chi connectivity index (χ0) is 29.2. The summed E-state index contributed by atoms with van der Waals surface area (Å²) in [6.45, 7) is 5.90. The molecule has 39 heavy (non-hydrogen) atoms. The van der Waals surface area contributed by atoms with Crippen molar-refractivity contribution in [3.63, 3.8) is 0 Å². The van der Waals surface area contributed by atoms with E-state index in [1.54, 1.807) is 12.1 Å². The van der Waals surface area contributed by atoms with Gasteiger partial charge in [0.05, 0.1) is 0 Å². The molecule has 1 aromatic rings. The van der Waals surface area contributed by atoms with Gasteiger partial charge in [-0.25, -0.2) is 0 Å². The number of amidine groups is 1. The van der Waals surface area contributed by atoms with Gasteiger partial charge >= 0.3 is 0 Å². The van der Waals surface area contributed by atoms with Crippen LogP contribution in [0.1, 0.15) is 76.8 Å². The molecule has 11 N–H and O–H groups in total. The number of nitrogens with two attached hydrogens (primary N) is 4. The van der Waals surface area contributed by atoms with E-state index < -0.39 is 29.3 Å². The lowest BCUT2D eigenvalue weighted by atomic mass is 9.76. The monoisotopic (exact) mass is 542 g/mol. The van der Waals surface area contributed by atoms with Crippen molar-refractivity contribution in [2.24, 2.45) is 45.2 Å². The maximum absolute atomic E-state index is 13.8.